The molecule has 0 saturated heterocycles. The van der Waals surface area contributed by atoms with E-state index in [4.69, 9.17) is 32.7 Å². The van der Waals surface area contributed by atoms with Crippen LogP contribution >= 0.6 is 23.2 Å². The van der Waals surface area contributed by atoms with Crippen LogP contribution in [0.1, 0.15) is 36.5 Å². The number of carbonyl (C=O) groups excluding carboxylic acids is 1. The smallest absolute Gasteiger partial charge is 0.305 e. The number of hydrogen-bond donors (Lipinski definition) is 0. The molecule has 0 spiro atoms. The van der Waals surface area contributed by atoms with Crippen LogP contribution in [0.15, 0.2) is 59.5 Å². The van der Waals surface area contributed by atoms with Gasteiger partial charge in [0, 0.05) is 18.1 Å². The molecule has 1 aliphatic rings. The number of ether oxygens (including phenoxy) is 2. The van der Waals surface area contributed by atoms with E-state index in [0.29, 0.717) is 11.1 Å². The van der Waals surface area contributed by atoms with E-state index in [0.717, 1.165) is 5.56 Å². The van der Waals surface area contributed by atoms with Crippen molar-refractivity contribution in [3.05, 3.63) is 87.2 Å². The van der Waals surface area contributed by atoms with E-state index in [1.165, 1.54) is 35.7 Å². The molecule has 6 nitrogen and oxygen atoms in total. The third-order valence-electron chi connectivity index (χ3n) is 6.21. The van der Waals surface area contributed by atoms with Gasteiger partial charge in [-0.1, -0.05) is 41.4 Å². The normalized spacial score (nSPS) is 15.6. The molecule has 1 aliphatic heterocycles. The average molecular weight is 578 g/mol. The zero-order valence-electron chi connectivity index (χ0n) is 21.0. The highest BCUT2D eigenvalue weighted by molar-refractivity contribution is 7.92. The number of methoxy groups -OCH3 is 1. The molecule has 3 aromatic rings. The molecule has 1 heterocycles. The molecule has 38 heavy (non-hydrogen) atoms. The van der Waals surface area contributed by atoms with Crippen molar-refractivity contribution in [2.24, 2.45) is 0 Å². The number of halogens is 3. The molecule has 0 bridgehead atoms. The fraction of sp³-hybridized carbons (Fsp3) is 0.250. The summed E-state index contributed by atoms with van der Waals surface area (Å²) in [6, 6.07) is 14.2. The van der Waals surface area contributed by atoms with Gasteiger partial charge in [0.05, 0.1) is 34.3 Å². The van der Waals surface area contributed by atoms with Gasteiger partial charge in [-0.2, -0.15) is 0 Å². The zero-order valence-corrected chi connectivity index (χ0v) is 23.3. The Labute approximate surface area is 231 Å². The lowest BCUT2D eigenvalue weighted by Gasteiger charge is -2.36. The number of aryl methyl sites for hydroxylation is 1. The maximum absolute atomic E-state index is 14.5. The van der Waals surface area contributed by atoms with Crippen molar-refractivity contribution in [3.63, 3.8) is 0 Å². The molecule has 1 atom stereocenters. The highest BCUT2D eigenvalue weighted by atomic mass is 35.5. The Morgan fingerprint density at radius 1 is 1.16 bits per heavy atom. The quantitative estimate of drug-likeness (QED) is 0.225. The number of hydrogen-bond acceptors (Lipinski definition) is 5. The van der Waals surface area contributed by atoms with Gasteiger partial charge >= 0.3 is 5.97 Å². The van der Waals surface area contributed by atoms with Gasteiger partial charge in [0.2, 0.25) is 0 Å². The molecule has 0 amide bonds. The third kappa shape index (κ3) is 5.82. The second-order valence-electron chi connectivity index (χ2n) is 8.97. The number of anilines is 1. The van der Waals surface area contributed by atoms with Gasteiger partial charge in [-0.3, -0.25) is 9.10 Å². The van der Waals surface area contributed by atoms with Crippen molar-refractivity contribution >= 4 is 56.5 Å². The van der Waals surface area contributed by atoms with Gasteiger partial charge in [-0.05, 0) is 73.4 Å². The molecule has 10 heteroatoms. The minimum absolute atomic E-state index is 0.0246. The van der Waals surface area contributed by atoms with E-state index < -0.39 is 27.9 Å². The largest absolute Gasteiger partial charge is 0.486 e. The van der Waals surface area contributed by atoms with Crippen LogP contribution in [-0.2, 0) is 19.6 Å². The fourth-order valence-electron chi connectivity index (χ4n) is 4.30. The molecular weight excluding hydrogens is 552 g/mol. The summed E-state index contributed by atoms with van der Waals surface area (Å²) >= 11 is 12.8. The van der Waals surface area contributed by atoms with Gasteiger partial charge in [0.15, 0.2) is 0 Å². The summed E-state index contributed by atoms with van der Waals surface area (Å²) in [5, 5.41) is 0.519. The number of fused-ring (bicyclic) bond motifs is 1. The molecule has 0 aromatic heterocycles. The summed E-state index contributed by atoms with van der Waals surface area (Å²) in [4.78, 5) is 11.9. The van der Waals surface area contributed by atoms with Crippen LogP contribution in [0.2, 0.25) is 10.0 Å². The van der Waals surface area contributed by atoms with Crippen LogP contribution in [-0.4, -0.2) is 34.1 Å². The molecule has 0 fully saturated rings. The van der Waals surface area contributed by atoms with E-state index in [9.17, 15) is 17.6 Å². The SMILES string of the molecule is COC(=O)CC[C@H]1CN(S(=O)(=O)c2cccc(C)c2)c2cc(/C=C(\C)c3c(F)cccc3Cl)c(Cl)cc2O1. The number of carbonyl (C=O) groups is 1. The lowest BCUT2D eigenvalue weighted by Crippen LogP contribution is -2.43. The molecule has 3 aromatic carbocycles. The number of sulfonamides is 1. The van der Waals surface area contributed by atoms with Crippen molar-refractivity contribution in [2.75, 3.05) is 18.0 Å². The van der Waals surface area contributed by atoms with Gasteiger partial charge in [0.25, 0.3) is 10.0 Å². The molecule has 0 aliphatic carbocycles. The van der Waals surface area contributed by atoms with Gasteiger partial charge < -0.3 is 9.47 Å². The first-order valence-corrected chi connectivity index (χ1v) is 14.0. The maximum atomic E-state index is 14.5. The summed E-state index contributed by atoms with van der Waals surface area (Å²) in [5.41, 5.74) is 2.27. The Kier molecular flexibility index (Phi) is 8.35. The predicted octanol–water partition coefficient (Wildman–Crippen LogP) is 6.91. The summed E-state index contributed by atoms with van der Waals surface area (Å²) in [5.74, 6) is -0.653. The van der Waals surface area contributed by atoms with E-state index >= 15 is 0 Å². The number of rotatable bonds is 7. The van der Waals surface area contributed by atoms with Crippen molar-refractivity contribution in [1.29, 1.82) is 0 Å². The molecule has 0 radical (unpaired) electrons. The highest BCUT2D eigenvalue weighted by Crippen LogP contribution is 2.42. The number of benzene rings is 3. The maximum Gasteiger partial charge on any atom is 0.305 e. The first kappa shape index (κ1) is 28.0. The summed E-state index contributed by atoms with van der Waals surface area (Å²) in [6.07, 6.45) is 1.34. The third-order valence-corrected chi connectivity index (χ3v) is 8.63. The topological polar surface area (TPSA) is 72.9 Å². The standard InChI is InChI=1S/C28H26Cl2FNO5S/c1-17-6-4-7-21(12-17)38(34,35)32-16-20(10-11-27(33)36-3)37-26-15-23(30)19(14-25(26)32)13-18(2)28-22(29)8-5-9-24(28)31/h4-9,12-15,20H,10-11,16H2,1-3H3/b18-13+/t20-/m0/s1. The van der Waals surface area contributed by atoms with Crippen LogP contribution in [0.4, 0.5) is 10.1 Å². The van der Waals surface area contributed by atoms with E-state index in [-0.39, 0.29) is 51.3 Å². The zero-order chi connectivity index (χ0) is 27.6. The Hall–Kier alpha value is -3.07. The lowest BCUT2D eigenvalue weighted by molar-refractivity contribution is -0.141. The van der Waals surface area contributed by atoms with Crippen LogP contribution in [0.5, 0.6) is 5.75 Å². The molecular formula is C28H26Cl2FNO5S. The van der Waals surface area contributed by atoms with E-state index in [1.54, 1.807) is 37.3 Å². The first-order valence-electron chi connectivity index (χ1n) is 11.8. The highest BCUT2D eigenvalue weighted by Gasteiger charge is 2.35. The Bertz CT molecular complexity index is 1500. The molecule has 0 saturated carbocycles. The minimum atomic E-state index is -4.01. The first-order chi connectivity index (χ1) is 18.0. The van der Waals surface area contributed by atoms with Crippen molar-refractivity contribution in [3.8, 4) is 5.75 Å². The molecule has 0 N–H and O–H groups in total. The van der Waals surface area contributed by atoms with Gasteiger partial charge in [-0.15, -0.1) is 0 Å². The van der Waals surface area contributed by atoms with Crippen molar-refractivity contribution in [2.45, 2.75) is 37.7 Å². The summed E-state index contributed by atoms with van der Waals surface area (Å²) in [7, 11) is -2.72. The van der Waals surface area contributed by atoms with Crippen molar-refractivity contribution < 1.29 is 27.1 Å². The molecule has 4 rings (SSSR count). The Balaban J connectivity index is 1.81. The second kappa shape index (κ2) is 11.4. The average Bonchev–Trinajstić information content (AvgIpc) is 2.87. The Morgan fingerprint density at radius 2 is 1.89 bits per heavy atom. The van der Waals surface area contributed by atoms with Crippen LogP contribution in [0, 0.1) is 12.7 Å². The number of nitrogens with zero attached hydrogens (tertiary/aromatic N) is 1. The van der Waals surface area contributed by atoms with Gasteiger partial charge in [0.1, 0.15) is 17.7 Å². The van der Waals surface area contributed by atoms with Gasteiger partial charge in [-0.25, -0.2) is 12.8 Å². The summed E-state index contributed by atoms with van der Waals surface area (Å²) < 4.78 is 54.2. The number of allylic oxidation sites excluding steroid dienone is 1. The predicted molar refractivity (Wildman–Crippen MR) is 148 cm³/mol. The minimum Gasteiger partial charge on any atom is -0.486 e. The monoisotopic (exact) mass is 577 g/mol. The van der Waals surface area contributed by atoms with Crippen LogP contribution in [0.25, 0.3) is 11.6 Å². The van der Waals surface area contributed by atoms with E-state index in [2.05, 4.69) is 0 Å². The fourth-order valence-corrected chi connectivity index (χ4v) is 6.43. The van der Waals surface area contributed by atoms with E-state index in [1.807, 2.05) is 13.0 Å². The summed E-state index contributed by atoms with van der Waals surface area (Å²) in [6.45, 7) is 3.48. The Morgan fingerprint density at radius 3 is 2.58 bits per heavy atom. The van der Waals surface area contributed by atoms with Crippen molar-refractivity contribution in [1.82, 2.24) is 0 Å². The lowest BCUT2D eigenvalue weighted by atomic mass is 10.0. The molecule has 0 unspecified atom stereocenters. The number of esters is 1. The second-order valence-corrected chi connectivity index (χ2v) is 11.6. The van der Waals surface area contributed by atoms with Crippen LogP contribution < -0.4 is 9.04 Å². The van der Waals surface area contributed by atoms with Crippen LogP contribution in [0.3, 0.4) is 0 Å². The molecule has 200 valence electrons.